The Labute approximate surface area is 173 Å². The quantitative estimate of drug-likeness (QED) is 0.796. The maximum atomic E-state index is 13.2. The van der Waals surface area contributed by atoms with Gasteiger partial charge in [-0.1, -0.05) is 29.8 Å². The minimum Gasteiger partial charge on any atom is -0.495 e. The second-order valence-corrected chi connectivity index (χ2v) is 8.84. The number of amides is 1. The molecule has 0 saturated carbocycles. The average molecular weight is 435 g/mol. The van der Waals surface area contributed by atoms with Gasteiger partial charge in [0.1, 0.15) is 5.75 Å². The molecule has 29 heavy (non-hydrogen) atoms. The number of sulfone groups is 1. The number of nitrogens with one attached hydrogen (secondary N) is 1. The van der Waals surface area contributed by atoms with Crippen LogP contribution < -0.4 is 10.1 Å². The number of benzene rings is 2. The van der Waals surface area contributed by atoms with Crippen LogP contribution in [-0.4, -0.2) is 52.6 Å². The Morgan fingerprint density at radius 2 is 1.90 bits per heavy atom. The SMILES string of the molecule is COc1ccc(NC2=C(C(=O)N3CCOCC3)S(=O)(=O)c3ccccc32)cc1Cl. The predicted octanol–water partition coefficient (Wildman–Crippen LogP) is 2.78. The van der Waals surface area contributed by atoms with Crippen LogP contribution in [0.2, 0.25) is 5.02 Å². The van der Waals surface area contributed by atoms with Crippen LogP contribution in [0.3, 0.4) is 0 Å². The van der Waals surface area contributed by atoms with Gasteiger partial charge in [0, 0.05) is 24.3 Å². The molecule has 0 atom stereocenters. The number of ether oxygens (including phenoxy) is 2. The molecule has 0 radical (unpaired) electrons. The number of rotatable bonds is 4. The number of carbonyl (C=O) groups is 1. The highest BCUT2D eigenvalue weighted by Gasteiger charge is 2.42. The fourth-order valence-electron chi connectivity index (χ4n) is 3.42. The van der Waals surface area contributed by atoms with Crippen molar-refractivity contribution >= 4 is 38.7 Å². The molecule has 2 aliphatic rings. The van der Waals surface area contributed by atoms with Crippen molar-refractivity contribution in [2.24, 2.45) is 0 Å². The Morgan fingerprint density at radius 3 is 2.59 bits per heavy atom. The predicted molar refractivity (Wildman–Crippen MR) is 110 cm³/mol. The molecule has 0 spiro atoms. The van der Waals surface area contributed by atoms with E-state index < -0.39 is 15.7 Å². The van der Waals surface area contributed by atoms with Gasteiger partial charge >= 0.3 is 0 Å². The number of halogens is 1. The standard InChI is InChI=1S/C20H19ClN2O5S/c1-27-16-7-6-13(12-15(16)21)22-18-14-4-2-3-5-17(14)29(25,26)19(18)20(24)23-8-10-28-11-9-23/h2-7,12,22H,8-11H2,1H3. The molecule has 2 aromatic carbocycles. The molecule has 152 valence electrons. The summed E-state index contributed by atoms with van der Waals surface area (Å²) in [7, 11) is -2.45. The van der Waals surface area contributed by atoms with Crippen molar-refractivity contribution in [3.8, 4) is 5.75 Å². The first kappa shape index (κ1) is 19.8. The Kier molecular flexibility index (Phi) is 5.24. The Hall–Kier alpha value is -2.55. The molecule has 1 amide bonds. The van der Waals surface area contributed by atoms with Crippen LogP contribution in [-0.2, 0) is 19.4 Å². The van der Waals surface area contributed by atoms with Gasteiger partial charge < -0.3 is 19.7 Å². The minimum absolute atomic E-state index is 0.110. The Balaban J connectivity index is 1.82. The van der Waals surface area contributed by atoms with E-state index in [1.54, 1.807) is 36.4 Å². The molecule has 0 aromatic heterocycles. The molecule has 1 saturated heterocycles. The lowest BCUT2D eigenvalue weighted by molar-refractivity contribution is -0.130. The zero-order valence-corrected chi connectivity index (χ0v) is 17.2. The molecule has 9 heteroatoms. The second kappa shape index (κ2) is 7.70. The zero-order chi connectivity index (χ0) is 20.6. The summed E-state index contributed by atoms with van der Waals surface area (Å²) in [5, 5.41) is 3.47. The van der Waals surface area contributed by atoms with Crippen LogP contribution in [0.5, 0.6) is 5.75 Å². The number of anilines is 1. The molecule has 2 heterocycles. The van der Waals surface area contributed by atoms with E-state index in [0.717, 1.165) is 0 Å². The second-order valence-electron chi connectivity index (χ2n) is 6.58. The highest BCUT2D eigenvalue weighted by atomic mass is 35.5. The van der Waals surface area contributed by atoms with Gasteiger partial charge in [-0.05, 0) is 24.3 Å². The largest absolute Gasteiger partial charge is 0.495 e. The van der Waals surface area contributed by atoms with Crippen molar-refractivity contribution in [1.29, 1.82) is 0 Å². The fraction of sp³-hybridized carbons (Fsp3) is 0.250. The normalized spacial score (nSPS) is 17.8. The minimum atomic E-state index is -3.96. The molecule has 2 aliphatic heterocycles. The van der Waals surface area contributed by atoms with Crippen molar-refractivity contribution < 1.29 is 22.7 Å². The van der Waals surface area contributed by atoms with E-state index in [0.29, 0.717) is 48.3 Å². The number of fused-ring (bicyclic) bond motifs is 1. The molecule has 0 aliphatic carbocycles. The molecule has 1 N–H and O–H groups in total. The summed E-state index contributed by atoms with van der Waals surface area (Å²) in [4.78, 5) is 14.6. The number of hydrogen-bond donors (Lipinski definition) is 1. The molecule has 0 bridgehead atoms. The lowest BCUT2D eigenvalue weighted by Gasteiger charge is -2.27. The number of hydrogen-bond acceptors (Lipinski definition) is 6. The first-order valence-corrected chi connectivity index (χ1v) is 10.9. The lowest BCUT2D eigenvalue weighted by Crippen LogP contribution is -2.42. The van der Waals surface area contributed by atoms with Crippen molar-refractivity contribution in [2.75, 3.05) is 38.7 Å². The smallest absolute Gasteiger partial charge is 0.268 e. The van der Waals surface area contributed by atoms with Gasteiger partial charge in [0.2, 0.25) is 9.84 Å². The van der Waals surface area contributed by atoms with Crippen LogP contribution >= 0.6 is 11.6 Å². The van der Waals surface area contributed by atoms with E-state index in [9.17, 15) is 13.2 Å². The summed E-state index contributed by atoms with van der Waals surface area (Å²) < 4.78 is 36.9. The van der Waals surface area contributed by atoms with E-state index in [2.05, 4.69) is 5.32 Å². The molecular weight excluding hydrogens is 416 g/mol. The summed E-state index contributed by atoms with van der Waals surface area (Å²) in [6.07, 6.45) is 0. The summed E-state index contributed by atoms with van der Waals surface area (Å²) in [6, 6.07) is 11.6. The van der Waals surface area contributed by atoms with Crippen molar-refractivity contribution in [3.63, 3.8) is 0 Å². The van der Waals surface area contributed by atoms with Gasteiger partial charge in [0.25, 0.3) is 5.91 Å². The zero-order valence-electron chi connectivity index (χ0n) is 15.6. The molecule has 7 nitrogen and oxygen atoms in total. The molecule has 4 rings (SSSR count). The maximum absolute atomic E-state index is 13.2. The Morgan fingerprint density at radius 1 is 1.17 bits per heavy atom. The highest BCUT2D eigenvalue weighted by Crippen LogP contribution is 2.41. The molecular formula is C20H19ClN2O5S. The van der Waals surface area contributed by atoms with Crippen LogP contribution in [0, 0.1) is 0 Å². The number of methoxy groups -OCH3 is 1. The van der Waals surface area contributed by atoms with Gasteiger partial charge in [-0.25, -0.2) is 8.42 Å². The third-order valence-corrected chi connectivity index (χ3v) is 7.00. The van der Waals surface area contributed by atoms with Gasteiger partial charge in [0.15, 0.2) is 4.91 Å². The average Bonchev–Trinajstić information content (AvgIpc) is 2.95. The van der Waals surface area contributed by atoms with Gasteiger partial charge in [-0.3, -0.25) is 4.79 Å². The van der Waals surface area contributed by atoms with E-state index in [-0.39, 0.29) is 15.5 Å². The summed E-state index contributed by atoms with van der Waals surface area (Å²) in [5.41, 5.74) is 1.25. The number of nitrogens with zero attached hydrogens (tertiary/aromatic N) is 1. The molecule has 0 unspecified atom stereocenters. The van der Waals surface area contributed by atoms with E-state index in [1.807, 2.05) is 0 Å². The van der Waals surface area contributed by atoms with Crippen molar-refractivity contribution in [3.05, 3.63) is 58.0 Å². The maximum Gasteiger partial charge on any atom is 0.268 e. The van der Waals surface area contributed by atoms with E-state index >= 15 is 0 Å². The summed E-state index contributed by atoms with van der Waals surface area (Å²) in [6.45, 7) is 1.44. The fourth-order valence-corrected chi connectivity index (χ4v) is 5.40. The van der Waals surface area contributed by atoms with E-state index in [4.69, 9.17) is 21.1 Å². The molecule has 1 fully saturated rings. The van der Waals surface area contributed by atoms with Crippen LogP contribution in [0.1, 0.15) is 5.56 Å². The summed E-state index contributed by atoms with van der Waals surface area (Å²) in [5.74, 6) is -0.0399. The van der Waals surface area contributed by atoms with Crippen LogP contribution in [0.15, 0.2) is 52.3 Å². The van der Waals surface area contributed by atoms with Gasteiger partial charge in [-0.2, -0.15) is 0 Å². The third kappa shape index (κ3) is 3.48. The monoisotopic (exact) mass is 434 g/mol. The topological polar surface area (TPSA) is 84.9 Å². The number of carbonyl (C=O) groups excluding carboxylic acids is 1. The Bertz CT molecular complexity index is 1110. The first-order valence-electron chi connectivity index (χ1n) is 9.00. The molecule has 2 aromatic rings. The van der Waals surface area contributed by atoms with Crippen molar-refractivity contribution in [2.45, 2.75) is 4.90 Å². The van der Waals surface area contributed by atoms with E-state index in [1.165, 1.54) is 18.1 Å². The number of morpholine rings is 1. The first-order chi connectivity index (χ1) is 13.9. The third-order valence-electron chi connectivity index (χ3n) is 4.86. The van der Waals surface area contributed by atoms with Gasteiger partial charge in [0.05, 0.1) is 35.9 Å². The van der Waals surface area contributed by atoms with Crippen LogP contribution in [0.25, 0.3) is 5.70 Å². The van der Waals surface area contributed by atoms with Crippen LogP contribution in [0.4, 0.5) is 5.69 Å². The van der Waals surface area contributed by atoms with Gasteiger partial charge in [-0.15, -0.1) is 0 Å². The highest BCUT2D eigenvalue weighted by molar-refractivity contribution is 7.97. The summed E-state index contributed by atoms with van der Waals surface area (Å²) >= 11 is 6.20. The lowest BCUT2D eigenvalue weighted by atomic mass is 10.1. The van der Waals surface area contributed by atoms with Crippen molar-refractivity contribution in [1.82, 2.24) is 4.90 Å².